The largest absolute Gasteiger partial charge is 0.386 e. The first-order valence-corrected chi connectivity index (χ1v) is 12.9. The highest BCUT2D eigenvalue weighted by Gasteiger charge is 2.48. The molecule has 4 rings (SSSR count). The van der Waals surface area contributed by atoms with Gasteiger partial charge in [-0.05, 0) is 62.6 Å². The van der Waals surface area contributed by atoms with Gasteiger partial charge in [-0.15, -0.1) is 0 Å². The van der Waals surface area contributed by atoms with Gasteiger partial charge in [-0.25, -0.2) is 16.8 Å². The first-order chi connectivity index (χ1) is 13.8. The number of fused-ring (bicyclic) bond motifs is 2. The average molecular weight is 448 g/mol. The fourth-order valence-electron chi connectivity index (χ4n) is 3.88. The van der Waals surface area contributed by atoms with Crippen LogP contribution < -0.4 is 11.1 Å². The second-order valence-electron chi connectivity index (χ2n) is 8.80. The number of rotatable bonds is 1. The van der Waals surface area contributed by atoms with Crippen LogP contribution in [0.5, 0.6) is 0 Å². The van der Waals surface area contributed by atoms with Gasteiger partial charge in [0.25, 0.3) is 0 Å². The number of anilines is 2. The molecule has 0 unspecified atom stereocenters. The summed E-state index contributed by atoms with van der Waals surface area (Å²) in [5.41, 5.74) is 8.35. The molecule has 2 aliphatic heterocycles. The SMILES string of the molecule is Cc1ccc2c(c1)Nc1cc([C@]3(C)CS(=O)(=O)C(C)(C)C(N)=N3)ccc1S(=O)(=O)C2. The zero-order valence-electron chi connectivity index (χ0n) is 17.4. The molecule has 160 valence electrons. The van der Waals surface area contributed by atoms with Crippen LogP contribution in [0.4, 0.5) is 11.4 Å². The topological polar surface area (TPSA) is 119 Å². The van der Waals surface area contributed by atoms with Crippen molar-refractivity contribution in [3.05, 3.63) is 53.1 Å². The minimum atomic E-state index is -3.57. The monoisotopic (exact) mass is 447 g/mol. The van der Waals surface area contributed by atoms with Crippen LogP contribution in [0.25, 0.3) is 0 Å². The molecule has 2 aliphatic rings. The summed E-state index contributed by atoms with van der Waals surface area (Å²) in [7, 11) is -7.13. The summed E-state index contributed by atoms with van der Waals surface area (Å²) in [4.78, 5) is 4.72. The van der Waals surface area contributed by atoms with Crippen molar-refractivity contribution in [3.8, 4) is 0 Å². The van der Waals surface area contributed by atoms with E-state index in [1.54, 1.807) is 32.9 Å². The Morgan fingerprint density at radius 1 is 1.00 bits per heavy atom. The lowest BCUT2D eigenvalue weighted by molar-refractivity contribution is 0.501. The van der Waals surface area contributed by atoms with Crippen LogP contribution in [0.2, 0.25) is 0 Å². The van der Waals surface area contributed by atoms with Crippen molar-refractivity contribution in [1.29, 1.82) is 0 Å². The zero-order chi connectivity index (χ0) is 22.1. The number of nitrogens with zero attached hydrogens (tertiary/aromatic N) is 1. The predicted octanol–water partition coefficient (Wildman–Crippen LogP) is 2.81. The Balaban J connectivity index is 1.89. The van der Waals surface area contributed by atoms with E-state index in [9.17, 15) is 16.8 Å². The van der Waals surface area contributed by atoms with Gasteiger partial charge in [0.2, 0.25) is 0 Å². The molecular weight excluding hydrogens is 422 g/mol. The molecule has 0 aliphatic carbocycles. The Kier molecular flexibility index (Phi) is 4.39. The number of amidine groups is 1. The zero-order valence-corrected chi connectivity index (χ0v) is 19.0. The normalized spacial score (nSPS) is 25.8. The van der Waals surface area contributed by atoms with Crippen LogP contribution in [0, 0.1) is 6.92 Å². The number of aliphatic imine (C=N–C) groups is 1. The third-order valence-corrected chi connectivity index (χ3v) is 10.5. The van der Waals surface area contributed by atoms with E-state index in [2.05, 4.69) is 10.3 Å². The number of aryl methyl sites for hydroxylation is 1. The van der Waals surface area contributed by atoms with Crippen molar-refractivity contribution in [2.24, 2.45) is 10.7 Å². The molecular formula is C21H25N3O4S2. The quantitative estimate of drug-likeness (QED) is 0.694. The molecule has 3 N–H and O–H groups in total. The number of hydrogen-bond acceptors (Lipinski definition) is 7. The molecule has 1 atom stereocenters. The summed E-state index contributed by atoms with van der Waals surface area (Å²) in [6.07, 6.45) is 0. The molecule has 0 fully saturated rings. The van der Waals surface area contributed by atoms with Crippen molar-refractivity contribution in [2.75, 3.05) is 11.1 Å². The minimum absolute atomic E-state index is 0.0488. The lowest BCUT2D eigenvalue weighted by Crippen LogP contribution is -2.54. The van der Waals surface area contributed by atoms with Gasteiger partial charge < -0.3 is 11.1 Å². The molecule has 0 saturated carbocycles. The highest BCUT2D eigenvalue weighted by atomic mass is 32.2. The van der Waals surface area contributed by atoms with Crippen LogP contribution in [0.3, 0.4) is 0 Å². The van der Waals surface area contributed by atoms with E-state index in [0.717, 1.165) is 11.3 Å². The summed E-state index contributed by atoms with van der Waals surface area (Å²) < 4.78 is 50.4. The number of benzene rings is 2. The number of nitrogens with two attached hydrogens (primary N) is 1. The molecule has 9 heteroatoms. The first kappa shape index (κ1) is 20.9. The van der Waals surface area contributed by atoms with Gasteiger partial charge in [0.1, 0.15) is 10.6 Å². The molecule has 30 heavy (non-hydrogen) atoms. The van der Waals surface area contributed by atoms with E-state index < -0.39 is 30.0 Å². The molecule has 2 heterocycles. The van der Waals surface area contributed by atoms with Gasteiger partial charge in [-0.2, -0.15) is 0 Å². The van der Waals surface area contributed by atoms with Gasteiger partial charge in [-0.1, -0.05) is 18.2 Å². The van der Waals surface area contributed by atoms with E-state index >= 15 is 0 Å². The molecule has 0 spiro atoms. The Hall–Kier alpha value is -2.39. The maximum atomic E-state index is 13.0. The van der Waals surface area contributed by atoms with Crippen LogP contribution >= 0.6 is 0 Å². The van der Waals surface area contributed by atoms with Gasteiger partial charge in [0.15, 0.2) is 19.7 Å². The molecule has 2 aromatic carbocycles. The van der Waals surface area contributed by atoms with Gasteiger partial charge in [-0.3, -0.25) is 4.99 Å². The first-order valence-electron chi connectivity index (χ1n) is 9.57. The van der Waals surface area contributed by atoms with E-state index in [4.69, 9.17) is 5.73 Å². The maximum Gasteiger partial charge on any atom is 0.184 e. The molecule has 0 radical (unpaired) electrons. The van der Waals surface area contributed by atoms with Crippen LogP contribution in [-0.2, 0) is 31.0 Å². The van der Waals surface area contributed by atoms with Crippen LogP contribution in [0.15, 0.2) is 46.3 Å². The van der Waals surface area contributed by atoms with Crippen molar-refractivity contribution < 1.29 is 16.8 Å². The number of nitrogens with one attached hydrogen (secondary N) is 1. The van der Waals surface area contributed by atoms with Crippen LogP contribution in [0.1, 0.15) is 37.5 Å². The van der Waals surface area contributed by atoms with Crippen molar-refractivity contribution in [1.82, 2.24) is 0 Å². The smallest absolute Gasteiger partial charge is 0.184 e. The molecule has 0 bridgehead atoms. The van der Waals surface area contributed by atoms with Crippen molar-refractivity contribution >= 4 is 36.9 Å². The minimum Gasteiger partial charge on any atom is -0.386 e. The lowest BCUT2D eigenvalue weighted by Gasteiger charge is -2.38. The van der Waals surface area contributed by atoms with Gasteiger partial charge in [0.05, 0.1) is 27.6 Å². The standard InChI is InChI=1S/C21H25N3O4S2/c1-13-5-6-14-11-29(25,26)18-8-7-15(10-17(18)23-16(14)9-13)21(4)12-30(27,28)20(2,3)19(22)24-21/h5-10,23H,11-12H2,1-4H3,(H2,22,24)/t21-/m0/s1. The van der Waals surface area contributed by atoms with Crippen molar-refractivity contribution in [2.45, 2.75) is 48.6 Å². The highest BCUT2D eigenvalue weighted by molar-refractivity contribution is 7.93. The Morgan fingerprint density at radius 3 is 2.37 bits per heavy atom. The highest BCUT2D eigenvalue weighted by Crippen LogP contribution is 2.41. The second-order valence-corrected chi connectivity index (χ2v) is 13.3. The fourth-order valence-corrected chi connectivity index (χ4v) is 7.12. The van der Waals surface area contributed by atoms with E-state index in [-0.39, 0.29) is 22.2 Å². The average Bonchev–Trinajstić information content (AvgIpc) is 2.72. The Morgan fingerprint density at radius 2 is 1.70 bits per heavy atom. The third kappa shape index (κ3) is 3.11. The van der Waals surface area contributed by atoms with Gasteiger partial charge >= 0.3 is 0 Å². The maximum absolute atomic E-state index is 13.0. The van der Waals surface area contributed by atoms with E-state index in [1.165, 1.54) is 6.07 Å². The third-order valence-electron chi connectivity index (χ3n) is 6.05. The molecule has 0 saturated heterocycles. The number of sulfone groups is 2. The van der Waals surface area contributed by atoms with E-state index in [0.29, 0.717) is 16.8 Å². The number of hydrogen-bond donors (Lipinski definition) is 2. The Labute approximate surface area is 177 Å². The molecule has 7 nitrogen and oxygen atoms in total. The summed E-state index contributed by atoms with van der Waals surface area (Å²) in [5, 5.41) is 3.24. The molecule has 0 amide bonds. The van der Waals surface area contributed by atoms with Gasteiger partial charge in [0, 0.05) is 5.69 Å². The summed E-state index contributed by atoms with van der Waals surface area (Å²) in [6.45, 7) is 6.74. The summed E-state index contributed by atoms with van der Waals surface area (Å²) in [6, 6.07) is 10.4. The molecule has 0 aromatic heterocycles. The Bertz CT molecular complexity index is 1310. The van der Waals surface area contributed by atoms with E-state index in [1.807, 2.05) is 25.1 Å². The van der Waals surface area contributed by atoms with Crippen LogP contribution in [-0.4, -0.2) is 33.2 Å². The second kappa shape index (κ2) is 6.31. The predicted molar refractivity (Wildman–Crippen MR) is 119 cm³/mol. The lowest BCUT2D eigenvalue weighted by atomic mass is 9.93. The molecule has 2 aromatic rings. The summed E-state index contributed by atoms with van der Waals surface area (Å²) >= 11 is 0. The summed E-state index contributed by atoms with van der Waals surface area (Å²) in [5.74, 6) is -0.269. The fraction of sp³-hybridized carbons (Fsp3) is 0.381. The van der Waals surface area contributed by atoms with Crippen molar-refractivity contribution in [3.63, 3.8) is 0 Å².